The minimum Gasteiger partial charge on any atom is -0.349 e. The molecular weight excluding hydrogens is 407 g/mol. The van der Waals surface area contributed by atoms with E-state index in [4.69, 9.17) is 0 Å². The Labute approximate surface area is 185 Å². The van der Waals surface area contributed by atoms with Crippen LogP contribution >= 0.6 is 0 Å². The first-order valence-electron chi connectivity index (χ1n) is 11.2. The molecule has 2 aliphatic rings. The van der Waals surface area contributed by atoms with Gasteiger partial charge in [-0.1, -0.05) is 12.5 Å². The van der Waals surface area contributed by atoms with Crippen LogP contribution in [0, 0.1) is 5.82 Å². The quantitative estimate of drug-likeness (QED) is 0.586. The van der Waals surface area contributed by atoms with Crippen molar-refractivity contribution in [3.8, 4) is 5.69 Å². The summed E-state index contributed by atoms with van der Waals surface area (Å²) in [7, 11) is 0. The standard InChI is InChI=1S/C25H25FN4O2/c26-17-9-13-20(14-10-17)30-22-8-3-1-2-7-21(22)23(29-30)25(32)28-19-6-4-5-16(15-19)24(31)27-18-11-12-18/h4-6,9-10,13-15,18H,1-3,7-8,11-12H2,(H,27,31)(H,28,32). The molecule has 0 aliphatic heterocycles. The molecule has 164 valence electrons. The Hall–Kier alpha value is -3.48. The van der Waals surface area contributed by atoms with E-state index in [1.165, 1.54) is 12.1 Å². The predicted molar refractivity (Wildman–Crippen MR) is 120 cm³/mol. The lowest BCUT2D eigenvalue weighted by Crippen LogP contribution is -2.25. The van der Waals surface area contributed by atoms with Crippen LogP contribution in [0.2, 0.25) is 0 Å². The SMILES string of the molecule is O=C(NC1CC1)c1cccc(NC(=O)c2nn(-c3ccc(F)cc3)c3c2CCCCC3)c1. The summed E-state index contributed by atoms with van der Waals surface area (Å²) < 4.78 is 15.2. The second-order valence-electron chi connectivity index (χ2n) is 8.51. The van der Waals surface area contributed by atoms with E-state index in [9.17, 15) is 14.0 Å². The maximum Gasteiger partial charge on any atom is 0.276 e. The van der Waals surface area contributed by atoms with Gasteiger partial charge >= 0.3 is 0 Å². The molecule has 7 heteroatoms. The number of nitrogens with one attached hydrogen (secondary N) is 2. The molecule has 2 N–H and O–H groups in total. The van der Waals surface area contributed by atoms with Crippen molar-refractivity contribution >= 4 is 17.5 Å². The molecule has 0 atom stereocenters. The number of rotatable bonds is 5. The van der Waals surface area contributed by atoms with Crippen LogP contribution in [0.15, 0.2) is 48.5 Å². The highest BCUT2D eigenvalue weighted by Gasteiger charge is 2.26. The first-order valence-corrected chi connectivity index (χ1v) is 11.2. The van der Waals surface area contributed by atoms with E-state index in [1.807, 2.05) is 0 Å². The van der Waals surface area contributed by atoms with Gasteiger partial charge in [0.2, 0.25) is 0 Å². The molecule has 1 saturated carbocycles. The summed E-state index contributed by atoms with van der Waals surface area (Å²) in [6, 6.07) is 13.4. The lowest BCUT2D eigenvalue weighted by molar-refractivity contribution is 0.0949. The zero-order valence-electron chi connectivity index (χ0n) is 17.7. The summed E-state index contributed by atoms with van der Waals surface area (Å²) in [5.74, 6) is -0.739. The van der Waals surface area contributed by atoms with Gasteiger partial charge in [0, 0.05) is 28.6 Å². The monoisotopic (exact) mass is 432 g/mol. The van der Waals surface area contributed by atoms with Gasteiger partial charge in [0.25, 0.3) is 11.8 Å². The van der Waals surface area contributed by atoms with E-state index in [2.05, 4.69) is 15.7 Å². The number of halogens is 1. The van der Waals surface area contributed by atoms with Crippen LogP contribution in [-0.4, -0.2) is 27.6 Å². The molecule has 1 fully saturated rings. The van der Waals surface area contributed by atoms with Crippen LogP contribution in [0.3, 0.4) is 0 Å². The predicted octanol–water partition coefficient (Wildman–Crippen LogP) is 4.42. The molecule has 0 saturated heterocycles. The van der Waals surface area contributed by atoms with Crippen molar-refractivity contribution in [1.29, 1.82) is 0 Å². The van der Waals surface area contributed by atoms with Gasteiger partial charge in [-0.15, -0.1) is 0 Å². The number of amides is 2. The topological polar surface area (TPSA) is 76.0 Å². The van der Waals surface area contributed by atoms with E-state index in [0.717, 1.165) is 61.9 Å². The lowest BCUT2D eigenvalue weighted by Gasteiger charge is -2.08. The highest BCUT2D eigenvalue weighted by atomic mass is 19.1. The molecule has 6 nitrogen and oxygen atoms in total. The van der Waals surface area contributed by atoms with Crippen LogP contribution < -0.4 is 10.6 Å². The van der Waals surface area contributed by atoms with Crippen LogP contribution in [0.4, 0.5) is 10.1 Å². The summed E-state index contributed by atoms with van der Waals surface area (Å²) in [5.41, 5.74) is 4.16. The molecule has 32 heavy (non-hydrogen) atoms. The Morgan fingerprint density at radius 1 is 0.969 bits per heavy atom. The van der Waals surface area contributed by atoms with Crippen molar-refractivity contribution in [2.24, 2.45) is 0 Å². The first kappa shape index (κ1) is 20.4. The number of hydrogen-bond donors (Lipinski definition) is 2. The van der Waals surface area contributed by atoms with Gasteiger partial charge in [-0.2, -0.15) is 5.10 Å². The maximum atomic E-state index is 13.4. The Balaban J connectivity index is 1.43. The van der Waals surface area contributed by atoms with Crippen molar-refractivity contribution in [3.05, 3.63) is 76.9 Å². The summed E-state index contributed by atoms with van der Waals surface area (Å²) in [6.07, 6.45) is 6.76. The van der Waals surface area contributed by atoms with Crippen LogP contribution in [0.5, 0.6) is 0 Å². The Bertz CT molecular complexity index is 1170. The van der Waals surface area contributed by atoms with Crippen molar-refractivity contribution in [2.75, 3.05) is 5.32 Å². The normalized spacial score (nSPS) is 15.5. The van der Waals surface area contributed by atoms with Crippen LogP contribution in [0.1, 0.15) is 64.2 Å². The molecule has 2 amide bonds. The third-order valence-electron chi connectivity index (χ3n) is 6.01. The number of anilines is 1. The molecule has 5 rings (SSSR count). The average molecular weight is 432 g/mol. The highest BCUT2D eigenvalue weighted by molar-refractivity contribution is 6.05. The number of aromatic nitrogens is 2. The minimum absolute atomic E-state index is 0.127. The van der Waals surface area contributed by atoms with Crippen LogP contribution in [-0.2, 0) is 12.8 Å². The van der Waals surface area contributed by atoms with Gasteiger partial charge in [0.05, 0.1) is 5.69 Å². The van der Waals surface area contributed by atoms with Crippen molar-refractivity contribution in [3.63, 3.8) is 0 Å². The lowest BCUT2D eigenvalue weighted by atomic mass is 10.1. The number of hydrogen-bond acceptors (Lipinski definition) is 3. The molecule has 0 bridgehead atoms. The van der Waals surface area contributed by atoms with E-state index in [0.29, 0.717) is 16.9 Å². The van der Waals surface area contributed by atoms with Crippen LogP contribution in [0.25, 0.3) is 5.69 Å². The van der Waals surface area contributed by atoms with E-state index in [1.54, 1.807) is 41.1 Å². The summed E-state index contributed by atoms with van der Waals surface area (Å²) >= 11 is 0. The third kappa shape index (κ3) is 4.28. The van der Waals surface area contributed by atoms with Gasteiger partial charge < -0.3 is 10.6 Å². The van der Waals surface area contributed by atoms with Crippen molar-refractivity contribution in [2.45, 2.75) is 51.0 Å². The van der Waals surface area contributed by atoms with Gasteiger partial charge in [-0.3, -0.25) is 9.59 Å². The van der Waals surface area contributed by atoms with Crippen molar-refractivity contribution in [1.82, 2.24) is 15.1 Å². The van der Waals surface area contributed by atoms with Gasteiger partial charge in [-0.25, -0.2) is 9.07 Å². The minimum atomic E-state index is -0.310. The molecule has 2 aliphatic carbocycles. The average Bonchev–Trinajstić information content (AvgIpc) is 3.58. The summed E-state index contributed by atoms with van der Waals surface area (Å²) in [5, 5.41) is 10.5. The van der Waals surface area contributed by atoms with Gasteiger partial charge in [0.1, 0.15) is 5.82 Å². The molecule has 0 unspecified atom stereocenters. The number of carbonyl (C=O) groups is 2. The Morgan fingerprint density at radius 3 is 2.53 bits per heavy atom. The second kappa shape index (κ2) is 8.57. The van der Waals surface area contributed by atoms with E-state index in [-0.39, 0.29) is 23.7 Å². The zero-order valence-corrected chi connectivity index (χ0v) is 17.7. The second-order valence-corrected chi connectivity index (χ2v) is 8.51. The Kier molecular flexibility index (Phi) is 5.47. The molecule has 0 spiro atoms. The fourth-order valence-electron chi connectivity index (χ4n) is 4.18. The molecular formula is C25H25FN4O2. The molecule has 3 aromatic rings. The fraction of sp³-hybridized carbons (Fsp3) is 0.320. The Morgan fingerprint density at radius 2 is 1.75 bits per heavy atom. The number of fused-ring (bicyclic) bond motifs is 1. The third-order valence-corrected chi connectivity index (χ3v) is 6.01. The fourth-order valence-corrected chi connectivity index (χ4v) is 4.18. The number of benzene rings is 2. The number of nitrogens with zero attached hydrogens (tertiary/aromatic N) is 2. The summed E-state index contributed by atoms with van der Waals surface area (Å²) in [4.78, 5) is 25.6. The van der Waals surface area contributed by atoms with Gasteiger partial charge in [0.15, 0.2) is 5.69 Å². The molecule has 2 aromatic carbocycles. The largest absolute Gasteiger partial charge is 0.349 e. The zero-order chi connectivity index (χ0) is 22.1. The van der Waals surface area contributed by atoms with Gasteiger partial charge in [-0.05, 0) is 81.0 Å². The smallest absolute Gasteiger partial charge is 0.276 e. The number of carbonyl (C=O) groups excluding carboxylic acids is 2. The summed E-state index contributed by atoms with van der Waals surface area (Å²) in [6.45, 7) is 0. The molecule has 1 heterocycles. The van der Waals surface area contributed by atoms with Crippen molar-refractivity contribution < 1.29 is 14.0 Å². The molecule has 0 radical (unpaired) electrons. The molecule has 1 aromatic heterocycles. The highest BCUT2D eigenvalue weighted by Crippen LogP contribution is 2.27. The maximum absolute atomic E-state index is 13.4. The first-order chi connectivity index (χ1) is 15.6. The van der Waals surface area contributed by atoms with E-state index >= 15 is 0 Å². The van der Waals surface area contributed by atoms with E-state index < -0.39 is 0 Å².